The average molecular weight is 209 g/mol. The lowest BCUT2D eigenvalue weighted by Gasteiger charge is -2.31. The highest BCUT2D eigenvalue weighted by Crippen LogP contribution is 2.59. The van der Waals surface area contributed by atoms with Gasteiger partial charge in [-0.15, -0.1) is 0 Å². The Morgan fingerprint density at radius 1 is 1.21 bits per heavy atom. The molecule has 0 aliphatic heterocycles. The molecule has 0 unspecified atom stereocenters. The fourth-order valence-corrected chi connectivity index (χ4v) is 2.57. The third kappa shape index (κ3) is 1.46. The van der Waals surface area contributed by atoms with Gasteiger partial charge in [0, 0.05) is 10.4 Å². The van der Waals surface area contributed by atoms with Crippen LogP contribution in [-0.2, 0) is 5.41 Å². The summed E-state index contributed by atoms with van der Waals surface area (Å²) in [4.78, 5) is 0. The van der Waals surface area contributed by atoms with Crippen molar-refractivity contribution in [2.24, 2.45) is 5.41 Å². The number of rotatable bonds is 1. The van der Waals surface area contributed by atoms with E-state index in [0.29, 0.717) is 10.8 Å². The van der Waals surface area contributed by atoms with Crippen LogP contribution in [0.3, 0.4) is 0 Å². The number of hydrogen-bond donors (Lipinski definition) is 0. The molecule has 0 spiro atoms. The summed E-state index contributed by atoms with van der Waals surface area (Å²) in [7, 11) is 0. The lowest BCUT2D eigenvalue weighted by molar-refractivity contribution is 0.299. The van der Waals surface area contributed by atoms with Crippen LogP contribution in [0.1, 0.15) is 39.2 Å². The summed E-state index contributed by atoms with van der Waals surface area (Å²) in [6, 6.07) is 8.34. The van der Waals surface area contributed by atoms with Crippen LogP contribution >= 0.6 is 11.6 Å². The van der Waals surface area contributed by atoms with Gasteiger partial charge in [-0.1, -0.05) is 44.5 Å². The van der Waals surface area contributed by atoms with Gasteiger partial charge in [0.05, 0.1) is 0 Å². The molecular weight excluding hydrogens is 192 g/mol. The van der Waals surface area contributed by atoms with E-state index in [0.717, 1.165) is 5.02 Å². The van der Waals surface area contributed by atoms with E-state index in [1.165, 1.54) is 18.4 Å². The molecule has 2 rings (SSSR count). The van der Waals surface area contributed by atoms with E-state index in [9.17, 15) is 0 Å². The highest BCUT2D eigenvalue weighted by Gasteiger charge is 2.52. The summed E-state index contributed by atoms with van der Waals surface area (Å²) in [5.74, 6) is 0. The van der Waals surface area contributed by atoms with E-state index >= 15 is 0 Å². The highest BCUT2D eigenvalue weighted by atomic mass is 35.5. The summed E-state index contributed by atoms with van der Waals surface area (Å²) in [5, 5.41) is 0.859. The molecule has 1 aliphatic carbocycles. The molecule has 0 atom stereocenters. The number of hydrogen-bond acceptors (Lipinski definition) is 0. The van der Waals surface area contributed by atoms with E-state index in [4.69, 9.17) is 11.6 Å². The zero-order valence-electron chi connectivity index (χ0n) is 9.10. The van der Waals surface area contributed by atoms with Crippen LogP contribution in [0.2, 0.25) is 5.02 Å². The molecule has 0 N–H and O–H groups in total. The first-order chi connectivity index (χ1) is 6.46. The van der Waals surface area contributed by atoms with Gasteiger partial charge in [-0.05, 0) is 36.0 Å². The SMILES string of the molecule is CC(C)(C)C1(c2cccc(Cl)c2)CC1. The summed E-state index contributed by atoms with van der Waals surface area (Å²) in [5.41, 5.74) is 2.15. The first-order valence-corrected chi connectivity index (χ1v) is 5.60. The summed E-state index contributed by atoms with van der Waals surface area (Å²) >= 11 is 6.03. The Bertz CT molecular complexity index is 342. The van der Waals surface area contributed by atoms with Gasteiger partial charge < -0.3 is 0 Å². The smallest absolute Gasteiger partial charge is 0.0408 e. The van der Waals surface area contributed by atoms with Gasteiger partial charge in [0.25, 0.3) is 0 Å². The maximum Gasteiger partial charge on any atom is 0.0408 e. The van der Waals surface area contributed by atoms with Gasteiger partial charge in [-0.2, -0.15) is 0 Å². The Labute approximate surface area is 91.3 Å². The Hall–Kier alpha value is -0.490. The first kappa shape index (κ1) is 10.0. The third-order valence-corrected chi connectivity index (χ3v) is 3.80. The van der Waals surface area contributed by atoms with Crippen molar-refractivity contribution >= 4 is 11.6 Å². The lowest BCUT2D eigenvalue weighted by atomic mass is 9.73. The van der Waals surface area contributed by atoms with E-state index in [1.54, 1.807) is 0 Å². The maximum absolute atomic E-state index is 6.03. The normalized spacial score (nSPS) is 19.4. The van der Waals surface area contributed by atoms with E-state index < -0.39 is 0 Å². The quantitative estimate of drug-likeness (QED) is 0.641. The molecule has 1 saturated carbocycles. The van der Waals surface area contributed by atoms with Crippen molar-refractivity contribution in [1.82, 2.24) is 0 Å². The molecule has 0 bridgehead atoms. The highest BCUT2D eigenvalue weighted by molar-refractivity contribution is 6.30. The largest absolute Gasteiger partial charge is 0.0843 e. The van der Waals surface area contributed by atoms with E-state index in [2.05, 4.69) is 39.0 Å². The molecule has 0 nitrogen and oxygen atoms in total. The van der Waals surface area contributed by atoms with Crippen molar-refractivity contribution in [1.29, 1.82) is 0 Å². The number of benzene rings is 1. The molecule has 0 heterocycles. The second-order valence-electron chi connectivity index (χ2n) is 5.34. The van der Waals surface area contributed by atoms with Crippen molar-refractivity contribution in [3.05, 3.63) is 34.9 Å². The van der Waals surface area contributed by atoms with Crippen LogP contribution < -0.4 is 0 Å². The molecular formula is C13H17Cl. The van der Waals surface area contributed by atoms with Crippen molar-refractivity contribution in [2.75, 3.05) is 0 Å². The Balaban J connectivity index is 2.41. The minimum absolute atomic E-state index is 0.345. The zero-order chi connectivity index (χ0) is 10.4. The summed E-state index contributed by atoms with van der Waals surface area (Å²) < 4.78 is 0. The van der Waals surface area contributed by atoms with Crippen LogP contribution in [0.4, 0.5) is 0 Å². The predicted octanol–water partition coefficient (Wildman–Crippen LogP) is 4.42. The Morgan fingerprint density at radius 3 is 2.29 bits per heavy atom. The standard InChI is InChI=1S/C13H17Cl/c1-12(2,3)13(7-8-13)10-5-4-6-11(14)9-10/h4-6,9H,7-8H2,1-3H3. The van der Waals surface area contributed by atoms with Crippen molar-refractivity contribution in [3.8, 4) is 0 Å². The van der Waals surface area contributed by atoms with Crippen molar-refractivity contribution in [2.45, 2.75) is 39.0 Å². The fraction of sp³-hybridized carbons (Fsp3) is 0.538. The Kier molecular flexibility index (Phi) is 2.15. The van der Waals surface area contributed by atoms with E-state index in [1.807, 2.05) is 6.07 Å². The van der Waals surface area contributed by atoms with Gasteiger partial charge in [0.15, 0.2) is 0 Å². The minimum Gasteiger partial charge on any atom is -0.0843 e. The van der Waals surface area contributed by atoms with Gasteiger partial charge >= 0.3 is 0 Å². The predicted molar refractivity (Wildman–Crippen MR) is 61.8 cm³/mol. The minimum atomic E-state index is 0.345. The molecule has 0 saturated heterocycles. The third-order valence-electron chi connectivity index (χ3n) is 3.56. The van der Waals surface area contributed by atoms with Crippen LogP contribution in [0.15, 0.2) is 24.3 Å². The van der Waals surface area contributed by atoms with Crippen LogP contribution in [0.25, 0.3) is 0 Å². The molecule has 14 heavy (non-hydrogen) atoms. The second kappa shape index (κ2) is 3.00. The van der Waals surface area contributed by atoms with Crippen molar-refractivity contribution in [3.63, 3.8) is 0 Å². The molecule has 1 aromatic carbocycles. The monoisotopic (exact) mass is 208 g/mol. The average Bonchev–Trinajstić information content (AvgIpc) is 2.82. The van der Waals surface area contributed by atoms with Crippen LogP contribution in [0, 0.1) is 5.41 Å². The summed E-state index contributed by atoms with van der Waals surface area (Å²) in [6.07, 6.45) is 2.60. The van der Waals surface area contributed by atoms with Gasteiger partial charge in [0.1, 0.15) is 0 Å². The number of halogens is 1. The van der Waals surface area contributed by atoms with Gasteiger partial charge in [-0.3, -0.25) is 0 Å². The van der Waals surface area contributed by atoms with Crippen molar-refractivity contribution < 1.29 is 0 Å². The molecule has 1 heteroatoms. The topological polar surface area (TPSA) is 0 Å². The molecule has 1 fully saturated rings. The molecule has 0 aromatic heterocycles. The maximum atomic E-state index is 6.03. The molecule has 1 aromatic rings. The molecule has 0 radical (unpaired) electrons. The first-order valence-electron chi connectivity index (χ1n) is 5.22. The van der Waals surface area contributed by atoms with Gasteiger partial charge in [-0.25, -0.2) is 0 Å². The van der Waals surface area contributed by atoms with Gasteiger partial charge in [0.2, 0.25) is 0 Å². The van der Waals surface area contributed by atoms with Crippen LogP contribution in [-0.4, -0.2) is 0 Å². The fourth-order valence-electron chi connectivity index (χ4n) is 2.38. The Morgan fingerprint density at radius 2 is 1.86 bits per heavy atom. The summed E-state index contributed by atoms with van der Waals surface area (Å²) in [6.45, 7) is 6.96. The molecule has 0 amide bonds. The lowest BCUT2D eigenvalue weighted by Crippen LogP contribution is -2.25. The molecule has 1 aliphatic rings. The zero-order valence-corrected chi connectivity index (χ0v) is 9.86. The van der Waals surface area contributed by atoms with Crippen LogP contribution in [0.5, 0.6) is 0 Å². The molecule has 76 valence electrons. The van der Waals surface area contributed by atoms with E-state index in [-0.39, 0.29) is 0 Å². The second-order valence-corrected chi connectivity index (χ2v) is 5.78.